The molecular formula is C11H22N2O2. The van der Waals surface area contributed by atoms with E-state index in [1.165, 1.54) is 0 Å². The zero-order valence-corrected chi connectivity index (χ0v) is 9.86. The van der Waals surface area contributed by atoms with Crippen molar-refractivity contribution in [3.63, 3.8) is 0 Å². The predicted molar refractivity (Wildman–Crippen MR) is 59.5 cm³/mol. The zero-order valence-electron chi connectivity index (χ0n) is 9.86. The fourth-order valence-corrected chi connectivity index (χ4v) is 2.17. The van der Waals surface area contributed by atoms with Crippen molar-refractivity contribution in [3.05, 3.63) is 0 Å². The number of aliphatic hydroxyl groups excluding tert-OH is 1. The van der Waals surface area contributed by atoms with Crippen LogP contribution in [0.15, 0.2) is 0 Å². The molecule has 0 aromatic rings. The molecule has 2 N–H and O–H groups in total. The highest BCUT2D eigenvalue weighted by molar-refractivity contribution is 5.82. The first-order chi connectivity index (χ1) is 7.11. The van der Waals surface area contributed by atoms with Gasteiger partial charge >= 0.3 is 0 Å². The molecule has 1 saturated heterocycles. The van der Waals surface area contributed by atoms with Crippen LogP contribution in [0, 0.1) is 5.92 Å². The van der Waals surface area contributed by atoms with Gasteiger partial charge in [-0.1, -0.05) is 13.8 Å². The summed E-state index contributed by atoms with van der Waals surface area (Å²) in [6.45, 7) is 4.91. The number of carbonyl (C=O) groups excluding carboxylic acids is 1. The van der Waals surface area contributed by atoms with E-state index in [0.29, 0.717) is 5.92 Å². The van der Waals surface area contributed by atoms with Gasteiger partial charge < -0.3 is 15.3 Å². The molecule has 1 rings (SSSR count). The second-order valence-electron chi connectivity index (χ2n) is 4.51. The molecule has 1 amide bonds. The van der Waals surface area contributed by atoms with Crippen molar-refractivity contribution in [2.75, 3.05) is 20.2 Å². The van der Waals surface area contributed by atoms with Gasteiger partial charge in [-0.2, -0.15) is 0 Å². The van der Waals surface area contributed by atoms with Crippen molar-refractivity contribution in [2.45, 2.75) is 38.8 Å². The number of likely N-dealkylation sites (N-methyl/N-ethyl adjacent to an activating group) is 1. The lowest BCUT2D eigenvalue weighted by Gasteiger charge is -2.39. The lowest BCUT2D eigenvalue weighted by molar-refractivity contribution is -0.140. The number of aliphatic hydroxyl groups is 1. The van der Waals surface area contributed by atoms with Crippen LogP contribution in [0.2, 0.25) is 0 Å². The van der Waals surface area contributed by atoms with Crippen LogP contribution in [0.1, 0.15) is 26.7 Å². The zero-order chi connectivity index (χ0) is 11.4. The first-order valence-electron chi connectivity index (χ1n) is 5.70. The van der Waals surface area contributed by atoms with Crippen LogP contribution >= 0.6 is 0 Å². The van der Waals surface area contributed by atoms with Gasteiger partial charge in [-0.15, -0.1) is 0 Å². The number of amides is 1. The van der Waals surface area contributed by atoms with Gasteiger partial charge in [0.1, 0.15) is 0 Å². The molecule has 1 heterocycles. The van der Waals surface area contributed by atoms with E-state index in [9.17, 15) is 9.90 Å². The monoisotopic (exact) mass is 214 g/mol. The molecule has 0 radical (unpaired) electrons. The highest BCUT2D eigenvalue weighted by Gasteiger charge is 2.33. The molecule has 1 aliphatic rings. The van der Waals surface area contributed by atoms with E-state index >= 15 is 0 Å². The lowest BCUT2D eigenvalue weighted by atomic mass is 9.97. The number of nitrogens with zero attached hydrogens (tertiary/aromatic N) is 1. The summed E-state index contributed by atoms with van der Waals surface area (Å²) >= 11 is 0. The Kier molecular flexibility index (Phi) is 4.54. The summed E-state index contributed by atoms with van der Waals surface area (Å²) in [5.74, 6) is 0.436. The van der Waals surface area contributed by atoms with Gasteiger partial charge in [0, 0.05) is 6.54 Å². The minimum absolute atomic E-state index is 0.0337. The highest BCUT2D eigenvalue weighted by atomic mass is 16.3. The third kappa shape index (κ3) is 2.69. The summed E-state index contributed by atoms with van der Waals surface area (Å²) in [6.07, 6.45) is 1.92. The first-order valence-corrected chi connectivity index (χ1v) is 5.70. The summed E-state index contributed by atoms with van der Waals surface area (Å²) in [4.78, 5) is 13.8. The van der Waals surface area contributed by atoms with Crippen LogP contribution in [0.25, 0.3) is 0 Å². The van der Waals surface area contributed by atoms with E-state index in [0.717, 1.165) is 19.4 Å². The molecule has 0 spiro atoms. The van der Waals surface area contributed by atoms with Crippen molar-refractivity contribution in [2.24, 2.45) is 5.92 Å². The average Bonchev–Trinajstić information content (AvgIpc) is 2.21. The molecule has 0 aromatic carbocycles. The third-order valence-corrected chi connectivity index (χ3v) is 3.18. The Labute approximate surface area is 91.6 Å². The molecule has 4 nitrogen and oxygen atoms in total. The van der Waals surface area contributed by atoms with Gasteiger partial charge in [-0.05, 0) is 25.8 Å². The SMILES string of the molecule is CNC1CCCN([C@@H](CO)C(C)C)C1=O. The Morgan fingerprint density at radius 2 is 2.27 bits per heavy atom. The van der Waals surface area contributed by atoms with E-state index in [1.807, 2.05) is 25.8 Å². The number of hydrogen-bond acceptors (Lipinski definition) is 3. The quantitative estimate of drug-likeness (QED) is 0.703. The van der Waals surface area contributed by atoms with Crippen molar-refractivity contribution in [1.82, 2.24) is 10.2 Å². The Bertz CT molecular complexity index is 219. The van der Waals surface area contributed by atoms with Crippen LogP contribution < -0.4 is 5.32 Å². The Morgan fingerprint density at radius 1 is 1.60 bits per heavy atom. The van der Waals surface area contributed by atoms with Gasteiger partial charge in [0.15, 0.2) is 0 Å². The van der Waals surface area contributed by atoms with Gasteiger partial charge in [0.05, 0.1) is 18.7 Å². The van der Waals surface area contributed by atoms with E-state index in [-0.39, 0.29) is 24.6 Å². The van der Waals surface area contributed by atoms with Gasteiger partial charge in [-0.3, -0.25) is 4.79 Å². The molecule has 15 heavy (non-hydrogen) atoms. The summed E-state index contributed by atoms with van der Waals surface area (Å²) in [6, 6.07) is -0.0970. The number of likely N-dealkylation sites (tertiary alicyclic amines) is 1. The highest BCUT2D eigenvalue weighted by Crippen LogP contribution is 2.18. The standard InChI is InChI=1S/C11H22N2O2/c1-8(2)10(7-14)13-6-4-5-9(12-3)11(13)15/h8-10,12,14H,4-7H2,1-3H3/t9?,10-/m0/s1. The van der Waals surface area contributed by atoms with Crippen molar-refractivity contribution < 1.29 is 9.90 Å². The average molecular weight is 214 g/mol. The van der Waals surface area contributed by atoms with E-state index in [4.69, 9.17) is 0 Å². The molecule has 4 heteroatoms. The number of carbonyl (C=O) groups is 1. The first kappa shape index (κ1) is 12.5. The molecule has 0 saturated carbocycles. The normalized spacial score (nSPS) is 24.7. The van der Waals surface area contributed by atoms with Crippen LogP contribution in [0.4, 0.5) is 0 Å². The van der Waals surface area contributed by atoms with E-state index < -0.39 is 0 Å². The minimum Gasteiger partial charge on any atom is -0.394 e. The molecule has 0 bridgehead atoms. The summed E-state index contributed by atoms with van der Waals surface area (Å²) in [5, 5.41) is 12.3. The summed E-state index contributed by atoms with van der Waals surface area (Å²) in [5.41, 5.74) is 0. The Morgan fingerprint density at radius 3 is 2.73 bits per heavy atom. The van der Waals surface area contributed by atoms with Crippen molar-refractivity contribution in [3.8, 4) is 0 Å². The smallest absolute Gasteiger partial charge is 0.240 e. The molecule has 1 aliphatic heterocycles. The number of rotatable bonds is 4. The van der Waals surface area contributed by atoms with Crippen molar-refractivity contribution in [1.29, 1.82) is 0 Å². The maximum atomic E-state index is 12.0. The van der Waals surface area contributed by atoms with Crippen LogP contribution in [-0.4, -0.2) is 48.2 Å². The largest absolute Gasteiger partial charge is 0.394 e. The molecule has 2 atom stereocenters. The number of hydrogen-bond donors (Lipinski definition) is 2. The van der Waals surface area contributed by atoms with E-state index in [2.05, 4.69) is 5.32 Å². The maximum Gasteiger partial charge on any atom is 0.240 e. The van der Waals surface area contributed by atoms with Crippen LogP contribution in [0.3, 0.4) is 0 Å². The minimum atomic E-state index is -0.0634. The molecule has 1 fully saturated rings. The molecule has 0 aromatic heterocycles. The lowest BCUT2D eigenvalue weighted by Crippen LogP contribution is -2.55. The predicted octanol–water partition coefficient (Wildman–Crippen LogP) is 0.214. The number of nitrogens with one attached hydrogen (secondary N) is 1. The molecular weight excluding hydrogens is 192 g/mol. The third-order valence-electron chi connectivity index (χ3n) is 3.18. The maximum absolute atomic E-state index is 12.0. The van der Waals surface area contributed by atoms with Crippen LogP contribution in [0.5, 0.6) is 0 Å². The van der Waals surface area contributed by atoms with Gasteiger partial charge in [-0.25, -0.2) is 0 Å². The van der Waals surface area contributed by atoms with Gasteiger partial charge in [0.2, 0.25) is 5.91 Å². The van der Waals surface area contributed by atoms with Gasteiger partial charge in [0.25, 0.3) is 0 Å². The topological polar surface area (TPSA) is 52.6 Å². The fourth-order valence-electron chi connectivity index (χ4n) is 2.17. The fraction of sp³-hybridized carbons (Fsp3) is 0.909. The van der Waals surface area contributed by atoms with Crippen LogP contribution in [-0.2, 0) is 4.79 Å². The molecule has 1 unspecified atom stereocenters. The second-order valence-corrected chi connectivity index (χ2v) is 4.51. The number of piperidine rings is 1. The Hall–Kier alpha value is -0.610. The second kappa shape index (κ2) is 5.47. The summed E-state index contributed by atoms with van der Waals surface area (Å²) in [7, 11) is 1.81. The summed E-state index contributed by atoms with van der Waals surface area (Å²) < 4.78 is 0. The molecule has 0 aliphatic carbocycles. The Balaban J connectivity index is 2.70. The van der Waals surface area contributed by atoms with Crippen molar-refractivity contribution >= 4 is 5.91 Å². The van der Waals surface area contributed by atoms with E-state index in [1.54, 1.807) is 0 Å². The molecule has 88 valence electrons.